The second kappa shape index (κ2) is 12.6. The van der Waals surface area contributed by atoms with Gasteiger partial charge in [0.2, 0.25) is 0 Å². The Morgan fingerprint density at radius 3 is 2.36 bits per heavy atom. The molecule has 0 spiro atoms. The minimum Gasteiger partial charge on any atom is -0.493 e. The Labute approximate surface area is 217 Å². The Morgan fingerprint density at radius 1 is 0.889 bits per heavy atom. The van der Waals surface area contributed by atoms with E-state index in [0.29, 0.717) is 38.5 Å². The lowest BCUT2D eigenvalue weighted by Crippen LogP contribution is -2.32. The molecular weight excluding hydrogens is 507 g/mol. The zero-order chi connectivity index (χ0) is 26.1. The number of nitrogens with zero attached hydrogens (tertiary/aromatic N) is 1. The van der Waals surface area contributed by atoms with Gasteiger partial charge in [-0.2, -0.15) is 5.10 Å². The fourth-order valence-corrected chi connectivity index (χ4v) is 3.27. The zero-order valence-corrected chi connectivity index (χ0v) is 20.8. The van der Waals surface area contributed by atoms with Crippen LogP contribution in [-0.4, -0.2) is 37.7 Å². The summed E-state index contributed by atoms with van der Waals surface area (Å²) in [5.74, 6) is -1.60. The molecule has 0 aromatic heterocycles. The number of para-hydroxylation sites is 1. The van der Waals surface area contributed by atoms with Crippen molar-refractivity contribution >= 4 is 58.5 Å². The van der Waals surface area contributed by atoms with Gasteiger partial charge in [0, 0.05) is 10.7 Å². The van der Waals surface area contributed by atoms with E-state index in [0.717, 1.165) is 5.56 Å². The van der Waals surface area contributed by atoms with Crippen LogP contribution in [0, 0.1) is 6.92 Å². The van der Waals surface area contributed by atoms with Crippen LogP contribution < -0.4 is 25.5 Å². The van der Waals surface area contributed by atoms with Crippen molar-refractivity contribution in [1.82, 2.24) is 5.43 Å². The lowest BCUT2D eigenvalue weighted by atomic mass is 10.2. The molecule has 0 radical (unpaired) electrons. The van der Waals surface area contributed by atoms with Crippen LogP contribution in [0.2, 0.25) is 10.0 Å². The van der Waals surface area contributed by atoms with E-state index < -0.39 is 11.8 Å². The quantitative estimate of drug-likeness (QED) is 0.227. The maximum atomic E-state index is 12.3. The van der Waals surface area contributed by atoms with Gasteiger partial charge in [-0.3, -0.25) is 14.4 Å². The number of amides is 3. The molecule has 0 aliphatic rings. The summed E-state index contributed by atoms with van der Waals surface area (Å²) in [4.78, 5) is 36.3. The topological polar surface area (TPSA) is 118 Å². The van der Waals surface area contributed by atoms with E-state index in [9.17, 15) is 14.4 Å². The number of carbonyl (C=O) groups excluding carboxylic acids is 3. The average molecular weight is 529 g/mol. The number of methoxy groups -OCH3 is 1. The summed E-state index contributed by atoms with van der Waals surface area (Å²) in [6, 6.07) is 16.5. The molecule has 36 heavy (non-hydrogen) atoms. The molecule has 0 heterocycles. The summed E-state index contributed by atoms with van der Waals surface area (Å²) in [7, 11) is 1.44. The van der Waals surface area contributed by atoms with Gasteiger partial charge in [-0.1, -0.05) is 41.4 Å². The van der Waals surface area contributed by atoms with E-state index in [1.165, 1.54) is 13.3 Å². The first-order valence-corrected chi connectivity index (χ1v) is 11.3. The van der Waals surface area contributed by atoms with Crippen molar-refractivity contribution in [3.05, 3.63) is 81.8 Å². The Morgan fingerprint density at radius 2 is 1.61 bits per heavy atom. The van der Waals surface area contributed by atoms with Crippen LogP contribution in [0.5, 0.6) is 11.5 Å². The maximum absolute atomic E-state index is 12.3. The predicted octanol–water partition coefficient (Wildman–Crippen LogP) is 4.42. The number of halogens is 2. The van der Waals surface area contributed by atoms with Gasteiger partial charge in [0.1, 0.15) is 0 Å². The third-order valence-corrected chi connectivity index (χ3v) is 5.54. The molecule has 3 rings (SSSR count). The largest absolute Gasteiger partial charge is 0.493 e. The molecule has 3 amide bonds. The van der Waals surface area contributed by atoms with Crippen LogP contribution in [0.15, 0.2) is 65.8 Å². The Hall–Kier alpha value is -4.08. The molecule has 0 saturated heterocycles. The average Bonchev–Trinajstić information content (AvgIpc) is 2.87. The Balaban J connectivity index is 1.54. The van der Waals surface area contributed by atoms with E-state index >= 15 is 0 Å². The van der Waals surface area contributed by atoms with Gasteiger partial charge >= 0.3 is 11.8 Å². The lowest BCUT2D eigenvalue weighted by Gasteiger charge is -2.12. The van der Waals surface area contributed by atoms with Crippen molar-refractivity contribution in [3.63, 3.8) is 0 Å². The molecule has 0 bridgehead atoms. The predicted molar refractivity (Wildman–Crippen MR) is 139 cm³/mol. The highest BCUT2D eigenvalue weighted by Crippen LogP contribution is 2.28. The first-order valence-electron chi connectivity index (χ1n) is 10.5. The first kappa shape index (κ1) is 26.5. The molecule has 0 aliphatic heterocycles. The van der Waals surface area contributed by atoms with Gasteiger partial charge in [0.25, 0.3) is 5.91 Å². The summed E-state index contributed by atoms with van der Waals surface area (Å²) >= 11 is 12.0. The molecule has 3 aromatic rings. The Bertz CT molecular complexity index is 1310. The van der Waals surface area contributed by atoms with E-state index in [-0.39, 0.29) is 12.5 Å². The number of carbonyl (C=O) groups is 3. The van der Waals surface area contributed by atoms with Crippen LogP contribution in [0.3, 0.4) is 0 Å². The van der Waals surface area contributed by atoms with Crippen LogP contribution in [0.4, 0.5) is 11.4 Å². The third-order valence-electron chi connectivity index (χ3n) is 4.80. The fourth-order valence-electron chi connectivity index (χ4n) is 2.91. The zero-order valence-electron chi connectivity index (χ0n) is 19.3. The SMILES string of the molecule is COc1cc(C=NNC(=O)C(=O)Nc2ccccc2Cl)ccc1OCC(=O)Nc1cccc(Cl)c1C. The van der Waals surface area contributed by atoms with Crippen molar-refractivity contribution in [2.24, 2.45) is 5.10 Å². The third kappa shape index (κ3) is 7.21. The van der Waals surface area contributed by atoms with Crippen molar-refractivity contribution in [3.8, 4) is 11.5 Å². The number of ether oxygens (including phenoxy) is 2. The molecule has 11 heteroatoms. The molecular formula is C25H22Cl2N4O5. The molecule has 0 unspecified atom stereocenters. The normalized spacial score (nSPS) is 10.6. The summed E-state index contributed by atoms with van der Waals surface area (Å²) in [5, 5.41) is 9.77. The number of hydrazone groups is 1. The molecule has 0 saturated carbocycles. The van der Waals surface area contributed by atoms with Crippen molar-refractivity contribution < 1.29 is 23.9 Å². The number of nitrogens with one attached hydrogen (secondary N) is 3. The number of hydrogen-bond donors (Lipinski definition) is 3. The van der Waals surface area contributed by atoms with Gasteiger partial charge in [0.05, 0.1) is 24.0 Å². The molecule has 3 N–H and O–H groups in total. The minimum atomic E-state index is -0.973. The van der Waals surface area contributed by atoms with E-state index in [2.05, 4.69) is 21.2 Å². The number of anilines is 2. The van der Waals surface area contributed by atoms with E-state index in [1.54, 1.807) is 67.6 Å². The van der Waals surface area contributed by atoms with Gasteiger partial charge in [-0.15, -0.1) is 0 Å². The van der Waals surface area contributed by atoms with Crippen LogP contribution in [-0.2, 0) is 14.4 Å². The molecule has 186 valence electrons. The standard InChI is InChI=1S/C25H22Cl2N4O5/c1-15-17(26)7-5-9-19(15)29-23(32)14-36-21-11-10-16(12-22(21)35-2)13-28-31-25(34)24(33)30-20-8-4-3-6-18(20)27/h3-13H,14H2,1-2H3,(H,29,32)(H,30,33)(H,31,34). The van der Waals surface area contributed by atoms with Crippen LogP contribution in [0.25, 0.3) is 0 Å². The number of hydrogen-bond acceptors (Lipinski definition) is 6. The van der Waals surface area contributed by atoms with Gasteiger partial charge in [-0.25, -0.2) is 5.43 Å². The van der Waals surface area contributed by atoms with E-state index in [4.69, 9.17) is 32.7 Å². The lowest BCUT2D eigenvalue weighted by molar-refractivity contribution is -0.136. The number of benzene rings is 3. The van der Waals surface area contributed by atoms with Gasteiger partial charge in [-0.05, 0) is 60.5 Å². The smallest absolute Gasteiger partial charge is 0.329 e. The number of rotatable bonds is 8. The highest BCUT2D eigenvalue weighted by Gasteiger charge is 2.14. The molecule has 9 nitrogen and oxygen atoms in total. The molecule has 3 aromatic carbocycles. The van der Waals surface area contributed by atoms with Crippen molar-refractivity contribution in [2.75, 3.05) is 24.4 Å². The van der Waals surface area contributed by atoms with Crippen molar-refractivity contribution in [2.45, 2.75) is 6.92 Å². The molecule has 0 fully saturated rings. The molecule has 0 aliphatic carbocycles. The highest BCUT2D eigenvalue weighted by atomic mass is 35.5. The van der Waals surface area contributed by atoms with Crippen LogP contribution >= 0.6 is 23.2 Å². The summed E-state index contributed by atoms with van der Waals surface area (Å²) in [6.45, 7) is 1.54. The van der Waals surface area contributed by atoms with Gasteiger partial charge < -0.3 is 20.1 Å². The first-order chi connectivity index (χ1) is 17.3. The minimum absolute atomic E-state index is 0.258. The molecule has 0 atom stereocenters. The van der Waals surface area contributed by atoms with E-state index in [1.807, 2.05) is 0 Å². The summed E-state index contributed by atoms with van der Waals surface area (Å²) in [6.07, 6.45) is 1.32. The van der Waals surface area contributed by atoms with Crippen molar-refractivity contribution in [1.29, 1.82) is 0 Å². The second-order valence-corrected chi connectivity index (χ2v) is 8.11. The fraction of sp³-hybridized carbons (Fsp3) is 0.120. The summed E-state index contributed by atoms with van der Waals surface area (Å²) < 4.78 is 10.9. The maximum Gasteiger partial charge on any atom is 0.329 e. The summed E-state index contributed by atoms with van der Waals surface area (Å²) in [5.41, 5.74) is 4.33. The monoisotopic (exact) mass is 528 g/mol. The Kier molecular flexibility index (Phi) is 9.26. The highest BCUT2D eigenvalue weighted by molar-refractivity contribution is 6.41. The van der Waals surface area contributed by atoms with Gasteiger partial charge in [0.15, 0.2) is 18.1 Å². The van der Waals surface area contributed by atoms with Crippen LogP contribution in [0.1, 0.15) is 11.1 Å². The second-order valence-electron chi connectivity index (χ2n) is 7.29.